The highest BCUT2D eigenvalue weighted by Gasteiger charge is 2.27. The van der Waals surface area contributed by atoms with Crippen LogP contribution >= 0.6 is 0 Å². The summed E-state index contributed by atoms with van der Waals surface area (Å²) in [6.07, 6.45) is -0.0887. The molecule has 1 amide bonds. The van der Waals surface area contributed by atoms with Crippen molar-refractivity contribution in [1.29, 1.82) is 0 Å². The van der Waals surface area contributed by atoms with Gasteiger partial charge in [-0.2, -0.15) is 0 Å². The molecule has 2 aromatic carbocycles. The van der Waals surface area contributed by atoms with Gasteiger partial charge >= 0.3 is 0 Å². The Morgan fingerprint density at radius 1 is 1.15 bits per heavy atom. The number of amides is 1. The average Bonchev–Trinajstić information content (AvgIpc) is 2.70. The van der Waals surface area contributed by atoms with E-state index < -0.39 is 0 Å². The molecule has 2 unspecified atom stereocenters. The van der Waals surface area contributed by atoms with Gasteiger partial charge in [-0.3, -0.25) is 9.69 Å². The molecule has 0 fully saturated rings. The van der Waals surface area contributed by atoms with Gasteiger partial charge in [0, 0.05) is 13.1 Å². The molecule has 0 saturated heterocycles. The first-order valence-corrected chi connectivity index (χ1v) is 9.11. The summed E-state index contributed by atoms with van der Waals surface area (Å²) in [5.41, 5.74) is 1.09. The Morgan fingerprint density at radius 3 is 2.58 bits per heavy atom. The number of nitrogens with zero attached hydrogens (tertiary/aromatic N) is 1. The molecule has 138 valence electrons. The number of ether oxygens (including phenoxy) is 2. The Labute approximate surface area is 154 Å². The summed E-state index contributed by atoms with van der Waals surface area (Å²) in [5.74, 6) is 1.56. The van der Waals surface area contributed by atoms with Crippen LogP contribution in [0.4, 0.5) is 0 Å². The minimum atomic E-state index is -0.232. The van der Waals surface area contributed by atoms with Crippen LogP contribution in [0.3, 0.4) is 0 Å². The highest BCUT2D eigenvalue weighted by molar-refractivity contribution is 5.81. The number of benzene rings is 2. The maximum Gasteiger partial charge on any atom is 0.237 e. The minimum Gasteiger partial charge on any atom is -0.486 e. The Balaban J connectivity index is 1.53. The molecular formula is C21H26N2O3. The van der Waals surface area contributed by atoms with Crippen LogP contribution in [-0.2, 0) is 11.3 Å². The molecule has 26 heavy (non-hydrogen) atoms. The number of para-hydroxylation sites is 2. The molecule has 2 atom stereocenters. The van der Waals surface area contributed by atoms with E-state index in [0.717, 1.165) is 23.6 Å². The van der Waals surface area contributed by atoms with Gasteiger partial charge in [0.1, 0.15) is 12.7 Å². The van der Waals surface area contributed by atoms with Crippen LogP contribution in [0, 0.1) is 0 Å². The van der Waals surface area contributed by atoms with E-state index in [1.165, 1.54) is 0 Å². The minimum absolute atomic E-state index is 0.0211. The first kappa shape index (κ1) is 18.3. The lowest BCUT2D eigenvalue weighted by molar-refractivity contribution is -0.126. The fraction of sp³-hybridized carbons (Fsp3) is 0.381. The van der Waals surface area contributed by atoms with E-state index in [2.05, 4.69) is 17.1 Å². The zero-order valence-electron chi connectivity index (χ0n) is 15.4. The Hall–Kier alpha value is -2.53. The van der Waals surface area contributed by atoms with E-state index in [9.17, 15) is 4.79 Å². The molecule has 5 nitrogen and oxygen atoms in total. The van der Waals surface area contributed by atoms with E-state index in [0.29, 0.717) is 19.7 Å². The molecule has 1 heterocycles. The second kappa shape index (κ2) is 8.72. The van der Waals surface area contributed by atoms with Gasteiger partial charge in [-0.15, -0.1) is 0 Å². The molecule has 3 rings (SSSR count). The van der Waals surface area contributed by atoms with Crippen LogP contribution in [0.5, 0.6) is 11.5 Å². The van der Waals surface area contributed by atoms with Gasteiger partial charge < -0.3 is 14.8 Å². The van der Waals surface area contributed by atoms with Crippen molar-refractivity contribution in [2.45, 2.75) is 32.5 Å². The molecule has 1 N–H and O–H groups in total. The van der Waals surface area contributed by atoms with Crippen molar-refractivity contribution in [1.82, 2.24) is 10.2 Å². The Bertz CT molecular complexity index is 720. The number of carbonyl (C=O) groups is 1. The van der Waals surface area contributed by atoms with Gasteiger partial charge in [0.15, 0.2) is 11.5 Å². The number of rotatable bonds is 7. The van der Waals surface area contributed by atoms with Gasteiger partial charge in [-0.1, -0.05) is 49.4 Å². The number of nitrogens with one attached hydrogen (secondary N) is 1. The normalized spacial score (nSPS) is 17.0. The van der Waals surface area contributed by atoms with E-state index >= 15 is 0 Å². The van der Waals surface area contributed by atoms with Crippen LogP contribution in [0.2, 0.25) is 0 Å². The smallest absolute Gasteiger partial charge is 0.237 e. The number of likely N-dealkylation sites (N-methyl/N-ethyl adjacent to an activating group) is 1. The maximum absolute atomic E-state index is 12.5. The fourth-order valence-electron chi connectivity index (χ4n) is 3.07. The van der Waals surface area contributed by atoms with Crippen LogP contribution in [-0.4, -0.2) is 42.6 Å². The van der Waals surface area contributed by atoms with Crippen molar-refractivity contribution >= 4 is 5.91 Å². The van der Waals surface area contributed by atoms with Gasteiger partial charge in [-0.25, -0.2) is 0 Å². The van der Waals surface area contributed by atoms with Crippen molar-refractivity contribution in [3.05, 3.63) is 60.2 Å². The van der Waals surface area contributed by atoms with Crippen molar-refractivity contribution < 1.29 is 14.3 Å². The maximum atomic E-state index is 12.5. The number of fused-ring (bicyclic) bond motifs is 1. The second-order valence-electron chi connectivity index (χ2n) is 6.46. The van der Waals surface area contributed by atoms with Crippen molar-refractivity contribution in [2.75, 3.05) is 19.7 Å². The molecule has 2 aromatic rings. The number of hydrogen-bond donors (Lipinski definition) is 1. The third-order valence-corrected chi connectivity index (χ3v) is 4.65. The van der Waals surface area contributed by atoms with Crippen LogP contribution in [0.25, 0.3) is 0 Å². The third-order valence-electron chi connectivity index (χ3n) is 4.65. The third kappa shape index (κ3) is 4.55. The molecule has 0 aromatic heterocycles. The Morgan fingerprint density at radius 2 is 1.85 bits per heavy atom. The quantitative estimate of drug-likeness (QED) is 0.831. The van der Waals surface area contributed by atoms with Crippen molar-refractivity contribution in [3.63, 3.8) is 0 Å². The molecule has 5 heteroatoms. The Kier molecular flexibility index (Phi) is 6.12. The van der Waals surface area contributed by atoms with E-state index in [4.69, 9.17) is 9.47 Å². The SMILES string of the molecule is CCN(CC1COc2ccccc2O1)C(C)C(=O)NCc1ccccc1. The summed E-state index contributed by atoms with van der Waals surface area (Å²) < 4.78 is 11.8. The lowest BCUT2D eigenvalue weighted by atomic mass is 10.2. The molecule has 1 aliphatic rings. The largest absolute Gasteiger partial charge is 0.486 e. The lowest BCUT2D eigenvalue weighted by Gasteiger charge is -2.33. The van der Waals surface area contributed by atoms with Crippen molar-refractivity contribution in [3.8, 4) is 11.5 Å². The average molecular weight is 354 g/mol. The summed E-state index contributed by atoms with van der Waals surface area (Å²) in [7, 11) is 0. The highest BCUT2D eigenvalue weighted by Crippen LogP contribution is 2.31. The monoisotopic (exact) mass is 354 g/mol. The predicted octanol–water partition coefficient (Wildman–Crippen LogP) is 2.85. The summed E-state index contributed by atoms with van der Waals surface area (Å²) >= 11 is 0. The molecule has 0 aliphatic carbocycles. The first-order valence-electron chi connectivity index (χ1n) is 9.11. The van der Waals surface area contributed by atoms with Crippen LogP contribution < -0.4 is 14.8 Å². The molecule has 0 radical (unpaired) electrons. The highest BCUT2D eigenvalue weighted by atomic mass is 16.6. The molecule has 0 bridgehead atoms. The zero-order valence-corrected chi connectivity index (χ0v) is 15.4. The second-order valence-corrected chi connectivity index (χ2v) is 6.46. The van der Waals surface area contributed by atoms with Gasteiger partial charge in [0.25, 0.3) is 0 Å². The molecular weight excluding hydrogens is 328 g/mol. The first-order chi connectivity index (χ1) is 12.7. The van der Waals surface area contributed by atoms with Crippen LogP contribution in [0.15, 0.2) is 54.6 Å². The standard InChI is InChI=1S/C21H26N2O3/c1-3-23(14-18-15-25-19-11-7-8-12-20(19)26-18)16(2)21(24)22-13-17-9-5-4-6-10-17/h4-12,16,18H,3,13-15H2,1-2H3,(H,22,24). The molecule has 0 spiro atoms. The zero-order chi connectivity index (χ0) is 18.4. The van der Waals surface area contributed by atoms with Crippen molar-refractivity contribution in [2.24, 2.45) is 0 Å². The van der Waals surface area contributed by atoms with E-state index in [-0.39, 0.29) is 18.1 Å². The summed E-state index contributed by atoms with van der Waals surface area (Å²) in [6, 6.07) is 17.4. The molecule has 0 saturated carbocycles. The summed E-state index contributed by atoms with van der Waals surface area (Å²) in [4.78, 5) is 14.6. The topological polar surface area (TPSA) is 50.8 Å². The summed E-state index contributed by atoms with van der Waals surface area (Å²) in [6.45, 7) is 6.43. The summed E-state index contributed by atoms with van der Waals surface area (Å²) in [5, 5.41) is 3.01. The number of carbonyl (C=O) groups excluding carboxylic acids is 1. The van der Waals surface area contributed by atoms with Gasteiger partial charge in [-0.05, 0) is 31.2 Å². The van der Waals surface area contributed by atoms with E-state index in [1.807, 2.05) is 61.5 Å². The fourth-order valence-corrected chi connectivity index (χ4v) is 3.07. The molecule has 1 aliphatic heterocycles. The van der Waals surface area contributed by atoms with Gasteiger partial charge in [0.2, 0.25) is 5.91 Å². The van der Waals surface area contributed by atoms with E-state index in [1.54, 1.807) is 0 Å². The predicted molar refractivity (Wildman–Crippen MR) is 101 cm³/mol. The number of hydrogen-bond acceptors (Lipinski definition) is 4. The van der Waals surface area contributed by atoms with Crippen LogP contribution in [0.1, 0.15) is 19.4 Å². The lowest BCUT2D eigenvalue weighted by Crippen LogP contribution is -2.50. The van der Waals surface area contributed by atoms with Gasteiger partial charge in [0.05, 0.1) is 6.04 Å².